The Morgan fingerprint density at radius 3 is 2.68 bits per heavy atom. The van der Waals surface area contributed by atoms with Crippen molar-refractivity contribution in [2.24, 2.45) is 0 Å². The molecule has 0 aliphatic heterocycles. The number of hydrogen-bond acceptors (Lipinski definition) is 5. The molecular weight excluding hydrogens is 322 g/mol. The van der Waals surface area contributed by atoms with E-state index in [2.05, 4.69) is 15.5 Å². The predicted molar refractivity (Wildman–Crippen MR) is 94.5 cm³/mol. The molecule has 25 heavy (non-hydrogen) atoms. The number of methoxy groups -OCH3 is 1. The first-order valence-corrected chi connectivity index (χ1v) is 7.73. The Kier molecular flexibility index (Phi) is 4.65. The number of anilines is 1. The monoisotopic (exact) mass is 339 g/mol. The van der Waals surface area contributed by atoms with Gasteiger partial charge < -0.3 is 14.8 Å². The summed E-state index contributed by atoms with van der Waals surface area (Å²) in [5, 5.41) is 9.90. The van der Waals surface area contributed by atoms with Crippen LogP contribution in [0.25, 0.3) is 10.8 Å². The zero-order valence-electron chi connectivity index (χ0n) is 13.8. The molecule has 0 radical (unpaired) electrons. The molecule has 3 aromatic rings. The second-order valence-electron chi connectivity index (χ2n) is 5.20. The molecule has 0 spiro atoms. The molecule has 128 valence electrons. The van der Waals surface area contributed by atoms with Gasteiger partial charge in [0.2, 0.25) is 0 Å². The third-order valence-electron chi connectivity index (χ3n) is 3.65. The molecular formula is C18H17N3O4. The maximum atomic E-state index is 12.7. The van der Waals surface area contributed by atoms with Crippen LogP contribution in [0.3, 0.4) is 0 Å². The first-order chi connectivity index (χ1) is 12.1. The number of fused-ring (bicyclic) bond motifs is 1. The number of nitrogens with zero attached hydrogens (tertiary/aromatic N) is 1. The molecule has 2 N–H and O–H groups in total. The van der Waals surface area contributed by atoms with E-state index in [4.69, 9.17) is 9.47 Å². The maximum Gasteiger partial charge on any atom is 0.276 e. The zero-order chi connectivity index (χ0) is 17.8. The van der Waals surface area contributed by atoms with E-state index in [1.54, 1.807) is 42.5 Å². The van der Waals surface area contributed by atoms with Gasteiger partial charge in [0.15, 0.2) is 5.69 Å². The van der Waals surface area contributed by atoms with Crippen LogP contribution in [0.2, 0.25) is 0 Å². The molecule has 0 bridgehead atoms. The Bertz CT molecular complexity index is 981. The van der Waals surface area contributed by atoms with E-state index in [9.17, 15) is 9.59 Å². The average molecular weight is 339 g/mol. The van der Waals surface area contributed by atoms with Crippen molar-refractivity contribution in [2.45, 2.75) is 6.92 Å². The largest absolute Gasteiger partial charge is 0.497 e. The van der Waals surface area contributed by atoms with Gasteiger partial charge in [-0.15, -0.1) is 0 Å². The first kappa shape index (κ1) is 16.5. The Labute approximate surface area is 143 Å². The van der Waals surface area contributed by atoms with Crippen molar-refractivity contribution in [1.82, 2.24) is 10.2 Å². The minimum Gasteiger partial charge on any atom is -0.497 e. The number of carbonyl (C=O) groups excluding carboxylic acids is 1. The molecule has 0 saturated carbocycles. The number of benzene rings is 2. The third-order valence-corrected chi connectivity index (χ3v) is 3.65. The van der Waals surface area contributed by atoms with Crippen LogP contribution in [0.15, 0.2) is 47.3 Å². The van der Waals surface area contributed by atoms with E-state index in [1.165, 1.54) is 7.11 Å². The van der Waals surface area contributed by atoms with Gasteiger partial charge in [-0.05, 0) is 25.1 Å². The molecule has 0 fully saturated rings. The Morgan fingerprint density at radius 2 is 1.96 bits per heavy atom. The summed E-state index contributed by atoms with van der Waals surface area (Å²) in [7, 11) is 1.54. The summed E-state index contributed by atoms with van der Waals surface area (Å²) in [5.74, 6) is 0.644. The summed E-state index contributed by atoms with van der Waals surface area (Å²) >= 11 is 0. The lowest BCUT2D eigenvalue weighted by atomic mass is 10.1. The molecule has 1 aromatic heterocycles. The molecule has 7 nitrogen and oxygen atoms in total. The van der Waals surface area contributed by atoms with Crippen LogP contribution in [0.4, 0.5) is 5.69 Å². The Hall–Kier alpha value is -3.35. The lowest BCUT2D eigenvalue weighted by Crippen LogP contribution is -2.19. The van der Waals surface area contributed by atoms with Crippen LogP contribution in [0, 0.1) is 0 Å². The summed E-state index contributed by atoms with van der Waals surface area (Å²) < 4.78 is 10.7. The van der Waals surface area contributed by atoms with Gasteiger partial charge in [-0.3, -0.25) is 9.59 Å². The zero-order valence-corrected chi connectivity index (χ0v) is 13.8. The molecule has 1 amide bonds. The molecule has 0 unspecified atom stereocenters. The number of aromatic nitrogens is 2. The van der Waals surface area contributed by atoms with Crippen molar-refractivity contribution >= 4 is 22.4 Å². The molecule has 3 rings (SSSR count). The van der Waals surface area contributed by atoms with Gasteiger partial charge in [0, 0.05) is 11.5 Å². The van der Waals surface area contributed by atoms with E-state index in [0.717, 1.165) is 0 Å². The molecule has 0 aliphatic carbocycles. The van der Waals surface area contributed by atoms with E-state index in [-0.39, 0.29) is 11.3 Å². The van der Waals surface area contributed by atoms with Crippen LogP contribution in [0.5, 0.6) is 11.5 Å². The minimum atomic E-state index is -0.457. The number of H-pyrrole nitrogens is 1. The summed E-state index contributed by atoms with van der Waals surface area (Å²) in [5.41, 5.74) is 0.243. The van der Waals surface area contributed by atoms with E-state index >= 15 is 0 Å². The molecule has 0 aliphatic rings. The highest BCUT2D eigenvalue weighted by atomic mass is 16.5. The fraction of sp³-hybridized carbons (Fsp3) is 0.167. The topological polar surface area (TPSA) is 93.3 Å². The van der Waals surface area contributed by atoms with Crippen molar-refractivity contribution in [1.29, 1.82) is 0 Å². The van der Waals surface area contributed by atoms with Crippen LogP contribution >= 0.6 is 0 Å². The summed E-state index contributed by atoms with van der Waals surface area (Å²) in [6.07, 6.45) is 0. The summed E-state index contributed by atoms with van der Waals surface area (Å²) in [4.78, 5) is 24.6. The van der Waals surface area contributed by atoms with E-state index in [1.807, 2.05) is 6.92 Å². The number of rotatable bonds is 5. The van der Waals surface area contributed by atoms with Crippen molar-refractivity contribution in [3.63, 3.8) is 0 Å². The van der Waals surface area contributed by atoms with Gasteiger partial charge in [-0.1, -0.05) is 18.2 Å². The number of carbonyl (C=O) groups is 1. The Balaban J connectivity index is 2.01. The number of nitrogens with one attached hydrogen (secondary N) is 2. The number of amides is 1. The quantitative estimate of drug-likeness (QED) is 0.745. The van der Waals surface area contributed by atoms with Crippen molar-refractivity contribution < 1.29 is 14.3 Å². The normalized spacial score (nSPS) is 10.5. The minimum absolute atomic E-state index is 0.125. The van der Waals surface area contributed by atoms with Gasteiger partial charge in [0.1, 0.15) is 11.5 Å². The highest BCUT2D eigenvalue weighted by Gasteiger charge is 2.16. The molecule has 1 heterocycles. The second kappa shape index (κ2) is 7.04. The molecule has 0 atom stereocenters. The fourth-order valence-corrected chi connectivity index (χ4v) is 2.48. The van der Waals surface area contributed by atoms with Gasteiger partial charge in [-0.25, -0.2) is 5.10 Å². The number of ether oxygens (including phenoxy) is 2. The van der Waals surface area contributed by atoms with Gasteiger partial charge in [0.25, 0.3) is 11.5 Å². The van der Waals surface area contributed by atoms with Crippen molar-refractivity contribution in [3.05, 3.63) is 58.5 Å². The van der Waals surface area contributed by atoms with Gasteiger partial charge >= 0.3 is 0 Å². The van der Waals surface area contributed by atoms with Crippen LogP contribution < -0.4 is 20.3 Å². The number of aromatic amines is 1. The second-order valence-corrected chi connectivity index (χ2v) is 5.20. The van der Waals surface area contributed by atoms with Crippen LogP contribution in [-0.4, -0.2) is 29.8 Å². The van der Waals surface area contributed by atoms with Gasteiger partial charge in [-0.2, -0.15) is 5.10 Å². The van der Waals surface area contributed by atoms with Crippen LogP contribution in [0.1, 0.15) is 17.4 Å². The molecule has 0 saturated heterocycles. The lowest BCUT2D eigenvalue weighted by molar-refractivity contribution is 0.102. The SMILES string of the molecule is CCOc1ccc(OC)cc1NC(=O)c1n[nH]c(=O)c2ccccc12. The molecule has 7 heteroatoms. The standard InChI is InChI=1S/C18H17N3O4/c1-3-25-15-9-8-11(24-2)10-14(15)19-18(23)16-12-6-4-5-7-13(12)17(22)21-20-16/h4-10H,3H2,1-2H3,(H,19,23)(H,21,22). The van der Waals surface area contributed by atoms with E-state index in [0.29, 0.717) is 34.6 Å². The van der Waals surface area contributed by atoms with Crippen molar-refractivity contribution in [3.8, 4) is 11.5 Å². The fourth-order valence-electron chi connectivity index (χ4n) is 2.48. The summed E-state index contributed by atoms with van der Waals surface area (Å²) in [6.45, 7) is 2.31. The summed E-state index contributed by atoms with van der Waals surface area (Å²) in [6, 6.07) is 11.9. The average Bonchev–Trinajstić information content (AvgIpc) is 2.63. The predicted octanol–water partition coefficient (Wildman–Crippen LogP) is 2.58. The van der Waals surface area contributed by atoms with E-state index < -0.39 is 5.91 Å². The Morgan fingerprint density at radius 1 is 1.20 bits per heavy atom. The molecule has 2 aromatic carbocycles. The van der Waals surface area contributed by atoms with Gasteiger partial charge in [0.05, 0.1) is 24.8 Å². The maximum absolute atomic E-state index is 12.7. The van der Waals surface area contributed by atoms with Crippen LogP contribution in [-0.2, 0) is 0 Å². The smallest absolute Gasteiger partial charge is 0.276 e. The first-order valence-electron chi connectivity index (χ1n) is 7.73. The highest BCUT2D eigenvalue weighted by molar-refractivity contribution is 6.11. The van der Waals surface area contributed by atoms with Crippen molar-refractivity contribution in [2.75, 3.05) is 19.0 Å². The highest BCUT2D eigenvalue weighted by Crippen LogP contribution is 2.30. The lowest BCUT2D eigenvalue weighted by Gasteiger charge is -2.13. The number of hydrogen-bond donors (Lipinski definition) is 2. The third kappa shape index (κ3) is 3.30.